The summed E-state index contributed by atoms with van der Waals surface area (Å²) >= 11 is 1.60. The van der Waals surface area contributed by atoms with Gasteiger partial charge >= 0.3 is 0 Å². The number of benzene rings is 1. The van der Waals surface area contributed by atoms with Crippen LogP contribution in [0.1, 0.15) is 38.5 Å². The monoisotopic (exact) mass is 282 g/mol. The molecule has 100 valence electrons. The van der Waals surface area contributed by atoms with Gasteiger partial charge in [0.2, 0.25) is 0 Å². The summed E-state index contributed by atoms with van der Waals surface area (Å²) < 4.78 is 0. The zero-order valence-corrected chi connectivity index (χ0v) is 11.8. The Balaban J connectivity index is 1.79. The van der Waals surface area contributed by atoms with Crippen LogP contribution in [0.4, 0.5) is 5.69 Å². The highest BCUT2D eigenvalue weighted by Gasteiger charge is 2.17. The van der Waals surface area contributed by atoms with Gasteiger partial charge in [0.1, 0.15) is 0 Å². The molecule has 0 unspecified atom stereocenters. The number of rotatable bonds is 2. The van der Waals surface area contributed by atoms with Crippen molar-refractivity contribution >= 4 is 22.9 Å². The summed E-state index contributed by atoms with van der Waals surface area (Å²) in [6.45, 7) is 0. The van der Waals surface area contributed by atoms with E-state index in [-0.39, 0.29) is 5.91 Å². The van der Waals surface area contributed by atoms with Gasteiger partial charge in [-0.1, -0.05) is 6.07 Å². The van der Waals surface area contributed by atoms with Gasteiger partial charge in [-0.05, 0) is 55.5 Å². The van der Waals surface area contributed by atoms with Crippen molar-refractivity contribution in [3.8, 4) is 6.07 Å². The molecular weight excluding hydrogens is 268 g/mol. The maximum absolute atomic E-state index is 12.2. The second-order valence-electron chi connectivity index (χ2n) is 4.91. The minimum Gasteiger partial charge on any atom is -0.321 e. The number of nitrogens with one attached hydrogen (secondary N) is 1. The molecule has 2 aromatic rings. The zero-order chi connectivity index (χ0) is 13.9. The number of amides is 1. The van der Waals surface area contributed by atoms with E-state index < -0.39 is 0 Å². The molecule has 1 aromatic carbocycles. The van der Waals surface area contributed by atoms with Crippen LogP contribution in [0.5, 0.6) is 0 Å². The van der Waals surface area contributed by atoms with E-state index in [9.17, 15) is 4.79 Å². The summed E-state index contributed by atoms with van der Waals surface area (Å²) in [5.74, 6) is -0.0838. The number of aryl methyl sites for hydroxylation is 2. The Morgan fingerprint density at radius 3 is 2.90 bits per heavy atom. The van der Waals surface area contributed by atoms with Crippen molar-refractivity contribution in [1.29, 1.82) is 5.26 Å². The van der Waals surface area contributed by atoms with E-state index in [2.05, 4.69) is 11.4 Å². The Labute approximate surface area is 121 Å². The van der Waals surface area contributed by atoms with Crippen LogP contribution in [0.25, 0.3) is 0 Å². The summed E-state index contributed by atoms with van der Waals surface area (Å²) in [4.78, 5) is 14.4. The van der Waals surface area contributed by atoms with Crippen molar-refractivity contribution in [3.63, 3.8) is 0 Å². The van der Waals surface area contributed by atoms with Crippen LogP contribution in [-0.4, -0.2) is 5.91 Å². The topological polar surface area (TPSA) is 52.9 Å². The van der Waals surface area contributed by atoms with E-state index >= 15 is 0 Å². The van der Waals surface area contributed by atoms with Gasteiger partial charge in [-0.2, -0.15) is 5.26 Å². The highest BCUT2D eigenvalue weighted by atomic mass is 32.1. The predicted octanol–water partition coefficient (Wildman–Crippen LogP) is 3.75. The molecule has 1 aliphatic rings. The van der Waals surface area contributed by atoms with E-state index in [1.165, 1.54) is 23.3 Å². The fourth-order valence-electron chi connectivity index (χ4n) is 2.46. The lowest BCUT2D eigenvalue weighted by Gasteiger charge is -2.08. The normalized spacial score (nSPS) is 13.3. The Morgan fingerprint density at radius 2 is 2.10 bits per heavy atom. The molecule has 3 nitrogen and oxygen atoms in total. The summed E-state index contributed by atoms with van der Waals surface area (Å²) in [5.41, 5.74) is 2.55. The number of thiophene rings is 1. The lowest BCUT2D eigenvalue weighted by atomic mass is 9.99. The second-order valence-corrected chi connectivity index (χ2v) is 6.05. The zero-order valence-electron chi connectivity index (χ0n) is 11.0. The van der Waals surface area contributed by atoms with Gasteiger partial charge in [-0.3, -0.25) is 4.79 Å². The molecule has 0 saturated heterocycles. The molecule has 20 heavy (non-hydrogen) atoms. The van der Waals surface area contributed by atoms with Crippen molar-refractivity contribution < 1.29 is 4.79 Å². The standard InChI is InChI=1S/C16H14N2OS/c17-10-11-4-3-6-13(8-11)18-16(19)15-9-12-5-1-2-7-14(12)20-15/h3-4,6,8-9H,1-2,5,7H2,(H,18,19). The van der Waals surface area contributed by atoms with Gasteiger partial charge in [-0.25, -0.2) is 0 Å². The van der Waals surface area contributed by atoms with Gasteiger partial charge in [-0.15, -0.1) is 11.3 Å². The van der Waals surface area contributed by atoms with Gasteiger partial charge < -0.3 is 5.32 Å². The minimum absolute atomic E-state index is 0.0838. The minimum atomic E-state index is -0.0838. The first-order valence-electron chi connectivity index (χ1n) is 6.69. The number of anilines is 1. The number of hydrogen-bond donors (Lipinski definition) is 1. The largest absolute Gasteiger partial charge is 0.321 e. The summed E-state index contributed by atoms with van der Waals surface area (Å²) in [6, 6.07) is 11.1. The molecule has 1 heterocycles. The molecule has 0 radical (unpaired) electrons. The summed E-state index contributed by atoms with van der Waals surface area (Å²) in [6.07, 6.45) is 4.62. The fraction of sp³-hybridized carbons (Fsp3) is 0.250. The van der Waals surface area contributed by atoms with E-state index in [1.54, 1.807) is 35.6 Å². The fourth-order valence-corrected chi connectivity index (χ4v) is 3.61. The maximum atomic E-state index is 12.2. The van der Waals surface area contributed by atoms with Gasteiger partial charge in [0, 0.05) is 10.6 Å². The third-order valence-corrected chi connectivity index (χ3v) is 4.71. The Morgan fingerprint density at radius 1 is 1.25 bits per heavy atom. The third kappa shape index (κ3) is 2.59. The number of fused-ring (bicyclic) bond motifs is 1. The van der Waals surface area contributed by atoms with Gasteiger partial charge in [0.15, 0.2) is 0 Å². The quantitative estimate of drug-likeness (QED) is 0.912. The molecule has 4 heteroatoms. The Bertz CT molecular complexity index is 673. The number of carbonyl (C=O) groups is 1. The first-order chi connectivity index (χ1) is 9.76. The molecule has 1 amide bonds. The first-order valence-corrected chi connectivity index (χ1v) is 7.51. The lowest BCUT2D eigenvalue weighted by molar-refractivity contribution is 0.103. The molecule has 1 aliphatic carbocycles. The van der Waals surface area contributed by atoms with Crippen molar-refractivity contribution in [2.24, 2.45) is 0 Å². The SMILES string of the molecule is N#Cc1cccc(NC(=O)c2cc3c(s2)CCCC3)c1. The average Bonchev–Trinajstić information content (AvgIpc) is 2.91. The molecule has 1 aromatic heterocycles. The van der Waals surface area contributed by atoms with Crippen LogP contribution in [0.15, 0.2) is 30.3 Å². The smallest absolute Gasteiger partial charge is 0.265 e. The van der Waals surface area contributed by atoms with Crippen LogP contribution in [0.2, 0.25) is 0 Å². The van der Waals surface area contributed by atoms with Crippen molar-refractivity contribution in [2.45, 2.75) is 25.7 Å². The maximum Gasteiger partial charge on any atom is 0.265 e. The third-order valence-electron chi connectivity index (χ3n) is 3.47. The summed E-state index contributed by atoms with van der Waals surface area (Å²) in [7, 11) is 0. The Hall–Kier alpha value is -2.12. The van der Waals surface area contributed by atoms with Crippen molar-refractivity contribution in [1.82, 2.24) is 0 Å². The molecular formula is C16H14N2OS. The lowest BCUT2D eigenvalue weighted by Crippen LogP contribution is -2.10. The van der Waals surface area contributed by atoms with Crippen LogP contribution < -0.4 is 5.32 Å². The average molecular weight is 282 g/mol. The molecule has 0 fully saturated rings. The van der Waals surface area contributed by atoms with E-state index in [0.717, 1.165) is 17.7 Å². The molecule has 0 aliphatic heterocycles. The van der Waals surface area contributed by atoms with Crippen LogP contribution in [-0.2, 0) is 12.8 Å². The number of nitrogens with zero attached hydrogens (tertiary/aromatic N) is 1. The molecule has 1 N–H and O–H groups in total. The highest BCUT2D eigenvalue weighted by molar-refractivity contribution is 7.14. The predicted molar refractivity (Wildman–Crippen MR) is 80.1 cm³/mol. The van der Waals surface area contributed by atoms with E-state index in [0.29, 0.717) is 11.3 Å². The van der Waals surface area contributed by atoms with Gasteiger partial charge in [0.25, 0.3) is 5.91 Å². The second kappa shape index (κ2) is 5.48. The van der Waals surface area contributed by atoms with Crippen LogP contribution >= 0.6 is 11.3 Å². The van der Waals surface area contributed by atoms with E-state index in [1.807, 2.05) is 6.07 Å². The first kappa shape index (κ1) is 12.9. The Kier molecular flexibility index (Phi) is 3.53. The molecule has 0 atom stereocenters. The number of hydrogen-bond acceptors (Lipinski definition) is 3. The number of nitriles is 1. The summed E-state index contributed by atoms with van der Waals surface area (Å²) in [5, 5.41) is 11.7. The molecule has 0 saturated carbocycles. The molecule has 3 rings (SSSR count). The molecule has 0 bridgehead atoms. The number of carbonyl (C=O) groups excluding carboxylic acids is 1. The van der Waals surface area contributed by atoms with Crippen molar-refractivity contribution in [3.05, 3.63) is 51.2 Å². The van der Waals surface area contributed by atoms with Crippen LogP contribution in [0, 0.1) is 11.3 Å². The van der Waals surface area contributed by atoms with Gasteiger partial charge in [0.05, 0.1) is 16.5 Å². The van der Waals surface area contributed by atoms with Crippen molar-refractivity contribution in [2.75, 3.05) is 5.32 Å². The molecule has 0 spiro atoms. The van der Waals surface area contributed by atoms with E-state index in [4.69, 9.17) is 5.26 Å². The van der Waals surface area contributed by atoms with Crippen LogP contribution in [0.3, 0.4) is 0 Å². The highest BCUT2D eigenvalue weighted by Crippen LogP contribution is 2.30.